The summed E-state index contributed by atoms with van der Waals surface area (Å²) in [5.74, 6) is 1.36. The fraction of sp³-hybridized carbons (Fsp3) is 0.100. The molecule has 0 bridgehead atoms. The van der Waals surface area contributed by atoms with Crippen LogP contribution in [-0.2, 0) is 0 Å². The largest absolute Gasteiger partial charge is 0.486 e. The number of hydrogen-bond acceptors (Lipinski definition) is 7. The molecule has 4 rings (SSSR count). The van der Waals surface area contributed by atoms with Crippen LogP contribution in [0.15, 0.2) is 54.6 Å². The molecule has 28 heavy (non-hydrogen) atoms. The van der Waals surface area contributed by atoms with Gasteiger partial charge in [0.1, 0.15) is 13.2 Å². The number of nitrogens with one attached hydrogen (secondary N) is 2. The van der Waals surface area contributed by atoms with Crippen LogP contribution in [0.2, 0.25) is 0 Å². The van der Waals surface area contributed by atoms with Crippen molar-refractivity contribution in [1.29, 1.82) is 5.26 Å². The van der Waals surface area contributed by atoms with Crippen molar-refractivity contribution in [1.82, 2.24) is 10.2 Å². The van der Waals surface area contributed by atoms with Crippen LogP contribution < -0.4 is 20.1 Å². The van der Waals surface area contributed by atoms with E-state index in [1.165, 1.54) is 0 Å². The molecule has 0 unspecified atom stereocenters. The fourth-order valence-corrected chi connectivity index (χ4v) is 2.61. The summed E-state index contributed by atoms with van der Waals surface area (Å²) in [6.45, 7) is 0.987. The number of anilines is 3. The van der Waals surface area contributed by atoms with Gasteiger partial charge in [0.15, 0.2) is 23.0 Å². The third-order valence-electron chi connectivity index (χ3n) is 3.98. The standard InChI is InChI=1S/C20H15N5O3/c21-12-13-1-3-14(4-2-13)22-19-8-6-16(24-25-19)20(26)23-15-5-7-17-18(11-15)28-10-9-27-17/h1-8,11H,9-10H2,(H,22,25)(H,23,26). The van der Waals surface area contributed by atoms with Gasteiger partial charge in [0.2, 0.25) is 0 Å². The van der Waals surface area contributed by atoms with Gasteiger partial charge in [-0.3, -0.25) is 4.79 Å². The lowest BCUT2D eigenvalue weighted by Crippen LogP contribution is -2.17. The number of ether oxygens (including phenoxy) is 2. The van der Waals surface area contributed by atoms with Gasteiger partial charge in [-0.15, -0.1) is 10.2 Å². The fourth-order valence-electron chi connectivity index (χ4n) is 2.61. The van der Waals surface area contributed by atoms with E-state index in [1.807, 2.05) is 0 Å². The third kappa shape index (κ3) is 3.83. The first-order valence-electron chi connectivity index (χ1n) is 8.53. The van der Waals surface area contributed by atoms with Gasteiger partial charge in [-0.2, -0.15) is 5.26 Å². The van der Waals surface area contributed by atoms with E-state index in [-0.39, 0.29) is 11.6 Å². The Morgan fingerprint density at radius 1 is 0.929 bits per heavy atom. The first-order valence-corrected chi connectivity index (χ1v) is 8.53. The number of aromatic nitrogens is 2. The maximum atomic E-state index is 12.4. The van der Waals surface area contributed by atoms with Crippen molar-refractivity contribution < 1.29 is 14.3 Å². The van der Waals surface area contributed by atoms with Gasteiger partial charge in [0, 0.05) is 17.4 Å². The third-order valence-corrected chi connectivity index (χ3v) is 3.98. The molecule has 8 heteroatoms. The van der Waals surface area contributed by atoms with Crippen LogP contribution in [0, 0.1) is 11.3 Å². The predicted molar refractivity (Wildman–Crippen MR) is 102 cm³/mol. The van der Waals surface area contributed by atoms with Crippen LogP contribution in [0.3, 0.4) is 0 Å². The van der Waals surface area contributed by atoms with Crippen LogP contribution in [-0.4, -0.2) is 29.3 Å². The zero-order chi connectivity index (χ0) is 19.3. The van der Waals surface area contributed by atoms with Crippen molar-refractivity contribution in [2.45, 2.75) is 0 Å². The van der Waals surface area contributed by atoms with Crippen LogP contribution in [0.1, 0.15) is 16.1 Å². The lowest BCUT2D eigenvalue weighted by Gasteiger charge is -2.18. The van der Waals surface area contributed by atoms with Gasteiger partial charge in [-0.1, -0.05) is 0 Å². The molecule has 2 aromatic carbocycles. The van der Waals surface area contributed by atoms with Gasteiger partial charge in [-0.25, -0.2) is 0 Å². The molecule has 2 N–H and O–H groups in total. The number of rotatable bonds is 4. The number of carbonyl (C=O) groups excluding carboxylic acids is 1. The minimum absolute atomic E-state index is 0.181. The molecular formula is C20H15N5O3. The molecule has 0 saturated heterocycles. The number of hydrogen-bond donors (Lipinski definition) is 2. The Balaban J connectivity index is 1.41. The van der Waals surface area contributed by atoms with E-state index in [9.17, 15) is 4.79 Å². The minimum atomic E-state index is -0.380. The summed E-state index contributed by atoms with van der Waals surface area (Å²) in [5, 5.41) is 22.6. The number of nitrogens with zero attached hydrogens (tertiary/aromatic N) is 3. The zero-order valence-electron chi connectivity index (χ0n) is 14.7. The van der Waals surface area contributed by atoms with Crippen LogP contribution >= 0.6 is 0 Å². The first-order chi connectivity index (χ1) is 13.7. The highest BCUT2D eigenvalue weighted by atomic mass is 16.6. The summed E-state index contributed by atoms with van der Waals surface area (Å²) in [5.41, 5.74) is 2.10. The normalized spacial score (nSPS) is 12.0. The highest BCUT2D eigenvalue weighted by Crippen LogP contribution is 2.32. The molecule has 1 aromatic heterocycles. The molecule has 3 aromatic rings. The van der Waals surface area contributed by atoms with E-state index in [0.717, 1.165) is 5.69 Å². The highest BCUT2D eigenvalue weighted by molar-refractivity contribution is 6.03. The van der Waals surface area contributed by atoms with E-state index >= 15 is 0 Å². The van der Waals surface area contributed by atoms with Crippen molar-refractivity contribution in [3.05, 3.63) is 65.9 Å². The Hall–Kier alpha value is -4.12. The molecule has 8 nitrogen and oxygen atoms in total. The molecule has 1 amide bonds. The Morgan fingerprint density at radius 3 is 2.39 bits per heavy atom. The van der Waals surface area contributed by atoms with Gasteiger partial charge in [-0.05, 0) is 48.5 Å². The Kier molecular flexibility index (Phi) is 4.72. The Labute approximate surface area is 160 Å². The molecule has 1 aliphatic heterocycles. The van der Waals surface area contributed by atoms with Gasteiger partial charge < -0.3 is 20.1 Å². The van der Waals surface area contributed by atoms with Gasteiger partial charge in [0.25, 0.3) is 5.91 Å². The second-order valence-corrected chi connectivity index (χ2v) is 5.93. The second-order valence-electron chi connectivity index (χ2n) is 5.93. The highest BCUT2D eigenvalue weighted by Gasteiger charge is 2.14. The van der Waals surface area contributed by atoms with E-state index < -0.39 is 0 Å². The second kappa shape index (κ2) is 7.63. The van der Waals surface area contributed by atoms with E-state index in [2.05, 4.69) is 26.9 Å². The van der Waals surface area contributed by atoms with Crippen molar-refractivity contribution in [2.24, 2.45) is 0 Å². The van der Waals surface area contributed by atoms with Crippen LogP contribution in [0.5, 0.6) is 11.5 Å². The summed E-state index contributed by atoms with van der Waals surface area (Å²) in [6, 6.07) is 17.4. The average Bonchev–Trinajstić information content (AvgIpc) is 2.75. The van der Waals surface area contributed by atoms with E-state index in [0.29, 0.717) is 41.8 Å². The first kappa shape index (κ1) is 17.3. The lowest BCUT2D eigenvalue weighted by atomic mass is 10.2. The molecule has 0 spiro atoms. The number of fused-ring (bicyclic) bond motifs is 1. The molecule has 2 heterocycles. The summed E-state index contributed by atoms with van der Waals surface area (Å²) >= 11 is 0. The van der Waals surface area contributed by atoms with Crippen LogP contribution in [0.4, 0.5) is 17.2 Å². The number of amides is 1. The summed E-state index contributed by atoms with van der Waals surface area (Å²) in [7, 11) is 0. The van der Waals surface area contributed by atoms with Crippen molar-refractivity contribution >= 4 is 23.1 Å². The van der Waals surface area contributed by atoms with Gasteiger partial charge >= 0.3 is 0 Å². The van der Waals surface area contributed by atoms with Crippen molar-refractivity contribution in [3.8, 4) is 17.6 Å². The zero-order valence-corrected chi connectivity index (χ0v) is 14.7. The maximum absolute atomic E-state index is 12.4. The Bertz CT molecular complexity index is 1040. The molecule has 1 aliphatic rings. The quantitative estimate of drug-likeness (QED) is 0.723. The number of benzene rings is 2. The monoisotopic (exact) mass is 373 g/mol. The predicted octanol–water partition coefficient (Wildman–Crippen LogP) is 3.12. The maximum Gasteiger partial charge on any atom is 0.276 e. The number of nitriles is 1. The van der Waals surface area contributed by atoms with E-state index in [1.54, 1.807) is 54.6 Å². The topological polar surface area (TPSA) is 109 Å². The molecule has 0 fully saturated rings. The summed E-state index contributed by atoms with van der Waals surface area (Å²) in [6.07, 6.45) is 0. The SMILES string of the molecule is N#Cc1ccc(Nc2ccc(C(=O)Nc3ccc4c(c3)OCCO4)nn2)cc1. The summed E-state index contributed by atoms with van der Waals surface area (Å²) < 4.78 is 11.0. The average molecular weight is 373 g/mol. The van der Waals surface area contributed by atoms with Crippen molar-refractivity contribution in [3.63, 3.8) is 0 Å². The number of carbonyl (C=O) groups is 1. The molecule has 0 radical (unpaired) electrons. The smallest absolute Gasteiger partial charge is 0.276 e. The molecule has 138 valence electrons. The molecular weight excluding hydrogens is 358 g/mol. The van der Waals surface area contributed by atoms with Crippen molar-refractivity contribution in [2.75, 3.05) is 23.8 Å². The van der Waals surface area contributed by atoms with Crippen LogP contribution in [0.25, 0.3) is 0 Å². The Morgan fingerprint density at radius 2 is 1.68 bits per heavy atom. The molecule has 0 aliphatic carbocycles. The van der Waals surface area contributed by atoms with Gasteiger partial charge in [0.05, 0.1) is 11.6 Å². The minimum Gasteiger partial charge on any atom is -0.486 e. The summed E-state index contributed by atoms with van der Waals surface area (Å²) in [4.78, 5) is 12.4. The lowest BCUT2D eigenvalue weighted by molar-refractivity contribution is 0.102. The molecule has 0 atom stereocenters. The van der Waals surface area contributed by atoms with E-state index in [4.69, 9.17) is 14.7 Å². The molecule has 0 saturated carbocycles.